The maximum Gasteiger partial charge on any atom is 0.164 e. The molecular weight excluding hydrogens is 621 g/mol. The first kappa shape index (κ1) is 29.0. The van der Waals surface area contributed by atoms with Crippen LogP contribution in [0.25, 0.3) is 94.3 Å². The third-order valence-corrected chi connectivity index (χ3v) is 9.85. The minimum atomic E-state index is 0.623. The van der Waals surface area contributed by atoms with Crippen molar-refractivity contribution in [1.29, 1.82) is 0 Å². The molecule has 0 aliphatic rings. The van der Waals surface area contributed by atoms with E-state index in [-0.39, 0.29) is 0 Å². The molecule has 4 heteroatoms. The van der Waals surface area contributed by atoms with E-state index >= 15 is 0 Å². The monoisotopic (exact) mass is 650 g/mol. The number of nitrogens with zero attached hydrogens (tertiary/aromatic N) is 4. The first-order valence-electron chi connectivity index (χ1n) is 17.2. The van der Waals surface area contributed by atoms with Crippen molar-refractivity contribution >= 4 is 43.4 Å². The first-order valence-corrected chi connectivity index (χ1v) is 17.2. The standard InChI is InChI=1S/C47H30N4/c1-2-16-33(17-3-1)45-48-46(50-47(49-45)41-25-13-19-32-15-5-7-21-36(32)41)34-28-29-40(37-24-12-18-31-14-4-6-20-35(31)37)44(30-34)51-42-26-10-8-22-38(42)39-23-9-11-27-43(39)51/h1-30H. The van der Waals surface area contributed by atoms with Crippen molar-refractivity contribution in [3.8, 4) is 51.0 Å². The Labute approximate surface area is 295 Å². The molecule has 0 saturated heterocycles. The van der Waals surface area contributed by atoms with Gasteiger partial charge < -0.3 is 4.57 Å². The average molecular weight is 651 g/mol. The highest BCUT2D eigenvalue weighted by Gasteiger charge is 2.20. The van der Waals surface area contributed by atoms with Gasteiger partial charge in [0.25, 0.3) is 0 Å². The fourth-order valence-electron chi connectivity index (χ4n) is 7.49. The SMILES string of the molecule is c1ccc(-c2nc(-c3ccc(-c4cccc5ccccc45)c(-n4c5ccccc5c5ccccc54)c3)nc(-c3cccc4ccccc34)n2)cc1. The van der Waals surface area contributed by atoms with E-state index in [1.165, 1.54) is 27.1 Å². The molecule has 10 aromatic rings. The van der Waals surface area contributed by atoms with Crippen LogP contribution in [-0.2, 0) is 0 Å². The van der Waals surface area contributed by atoms with E-state index in [9.17, 15) is 0 Å². The van der Waals surface area contributed by atoms with Gasteiger partial charge in [0.15, 0.2) is 17.5 Å². The van der Waals surface area contributed by atoms with Gasteiger partial charge >= 0.3 is 0 Å². The summed E-state index contributed by atoms with van der Waals surface area (Å²) in [6, 6.07) is 64.0. The van der Waals surface area contributed by atoms with E-state index in [0.29, 0.717) is 17.5 Å². The van der Waals surface area contributed by atoms with E-state index in [0.717, 1.165) is 49.7 Å². The zero-order chi connectivity index (χ0) is 33.7. The summed E-state index contributed by atoms with van der Waals surface area (Å²) < 4.78 is 2.40. The lowest BCUT2D eigenvalue weighted by Crippen LogP contribution is -2.02. The number of hydrogen-bond acceptors (Lipinski definition) is 3. The van der Waals surface area contributed by atoms with Gasteiger partial charge in [0.1, 0.15) is 0 Å². The van der Waals surface area contributed by atoms with Crippen molar-refractivity contribution in [1.82, 2.24) is 19.5 Å². The van der Waals surface area contributed by atoms with Gasteiger partial charge in [0, 0.05) is 33.0 Å². The van der Waals surface area contributed by atoms with Gasteiger partial charge in [0.05, 0.1) is 16.7 Å². The Balaban J connectivity index is 1.28. The number of rotatable bonds is 5. The summed E-state index contributed by atoms with van der Waals surface area (Å²) in [5.41, 5.74) is 8.50. The fourth-order valence-corrected chi connectivity index (χ4v) is 7.49. The highest BCUT2D eigenvalue weighted by atomic mass is 15.0. The molecule has 8 aromatic carbocycles. The lowest BCUT2D eigenvalue weighted by Gasteiger charge is -2.17. The second-order valence-corrected chi connectivity index (χ2v) is 12.8. The number of aromatic nitrogens is 4. The molecule has 0 bridgehead atoms. The molecule has 0 spiro atoms. The fraction of sp³-hybridized carbons (Fsp3) is 0. The van der Waals surface area contributed by atoms with Crippen molar-refractivity contribution in [3.63, 3.8) is 0 Å². The van der Waals surface area contributed by atoms with Crippen LogP contribution in [0.5, 0.6) is 0 Å². The Morgan fingerprint density at radius 1 is 0.314 bits per heavy atom. The van der Waals surface area contributed by atoms with Gasteiger partial charge in [-0.1, -0.05) is 164 Å². The lowest BCUT2D eigenvalue weighted by atomic mass is 9.95. The second kappa shape index (κ2) is 11.9. The van der Waals surface area contributed by atoms with Crippen LogP contribution in [0.3, 0.4) is 0 Å². The van der Waals surface area contributed by atoms with Gasteiger partial charge in [-0.25, -0.2) is 15.0 Å². The Kier molecular flexibility index (Phi) is 6.78. The highest BCUT2D eigenvalue weighted by molar-refractivity contribution is 6.10. The summed E-state index contributed by atoms with van der Waals surface area (Å²) in [7, 11) is 0. The van der Waals surface area contributed by atoms with Gasteiger partial charge in [0.2, 0.25) is 0 Å². The summed E-state index contributed by atoms with van der Waals surface area (Å²) >= 11 is 0. The number of fused-ring (bicyclic) bond motifs is 5. The molecular formula is C47H30N4. The van der Waals surface area contributed by atoms with Crippen LogP contribution >= 0.6 is 0 Å². The van der Waals surface area contributed by atoms with Crippen LogP contribution in [0.15, 0.2) is 182 Å². The van der Waals surface area contributed by atoms with Crippen molar-refractivity contribution in [2.45, 2.75) is 0 Å². The predicted molar refractivity (Wildman–Crippen MR) is 211 cm³/mol. The highest BCUT2D eigenvalue weighted by Crippen LogP contribution is 2.40. The molecule has 0 unspecified atom stereocenters. The normalized spacial score (nSPS) is 11.5. The van der Waals surface area contributed by atoms with E-state index < -0.39 is 0 Å². The van der Waals surface area contributed by atoms with Crippen LogP contribution in [0.1, 0.15) is 0 Å². The van der Waals surface area contributed by atoms with Crippen molar-refractivity contribution in [2.24, 2.45) is 0 Å². The molecule has 0 atom stereocenters. The van der Waals surface area contributed by atoms with E-state index in [1.807, 2.05) is 18.2 Å². The molecule has 0 fully saturated rings. The molecule has 4 nitrogen and oxygen atoms in total. The summed E-state index contributed by atoms with van der Waals surface area (Å²) in [6.45, 7) is 0. The summed E-state index contributed by atoms with van der Waals surface area (Å²) in [5, 5.41) is 7.09. The van der Waals surface area contributed by atoms with Crippen molar-refractivity contribution in [2.75, 3.05) is 0 Å². The summed E-state index contributed by atoms with van der Waals surface area (Å²) in [4.78, 5) is 15.4. The quantitative estimate of drug-likeness (QED) is 0.186. The van der Waals surface area contributed by atoms with Crippen LogP contribution in [-0.4, -0.2) is 19.5 Å². The van der Waals surface area contributed by atoms with Crippen LogP contribution in [0.2, 0.25) is 0 Å². The van der Waals surface area contributed by atoms with Crippen molar-refractivity contribution in [3.05, 3.63) is 182 Å². The largest absolute Gasteiger partial charge is 0.309 e. The van der Waals surface area contributed by atoms with E-state index in [4.69, 9.17) is 15.0 Å². The lowest BCUT2D eigenvalue weighted by molar-refractivity contribution is 1.07. The first-order chi connectivity index (χ1) is 25.3. The molecule has 51 heavy (non-hydrogen) atoms. The molecule has 10 rings (SSSR count). The molecule has 0 radical (unpaired) electrons. The van der Waals surface area contributed by atoms with Gasteiger partial charge in [-0.2, -0.15) is 0 Å². The van der Waals surface area contributed by atoms with Gasteiger partial charge in [-0.15, -0.1) is 0 Å². The molecule has 0 N–H and O–H groups in total. The molecule has 238 valence electrons. The van der Waals surface area contributed by atoms with E-state index in [2.05, 4.69) is 168 Å². The second-order valence-electron chi connectivity index (χ2n) is 12.8. The Morgan fingerprint density at radius 3 is 1.47 bits per heavy atom. The van der Waals surface area contributed by atoms with Crippen molar-refractivity contribution < 1.29 is 0 Å². The summed E-state index contributed by atoms with van der Waals surface area (Å²) in [5.74, 6) is 1.91. The molecule has 0 amide bonds. The number of para-hydroxylation sites is 2. The van der Waals surface area contributed by atoms with Crippen LogP contribution in [0.4, 0.5) is 0 Å². The molecule has 0 aliphatic carbocycles. The smallest absolute Gasteiger partial charge is 0.164 e. The molecule has 0 aliphatic heterocycles. The Hall–Kier alpha value is -6.91. The zero-order valence-corrected chi connectivity index (χ0v) is 27.6. The van der Waals surface area contributed by atoms with E-state index in [1.54, 1.807) is 0 Å². The maximum atomic E-state index is 5.22. The van der Waals surface area contributed by atoms with Gasteiger partial charge in [-0.3, -0.25) is 0 Å². The third-order valence-electron chi connectivity index (χ3n) is 9.85. The Morgan fingerprint density at radius 2 is 0.804 bits per heavy atom. The van der Waals surface area contributed by atoms with Gasteiger partial charge in [-0.05, 0) is 45.3 Å². The minimum absolute atomic E-state index is 0.623. The zero-order valence-electron chi connectivity index (χ0n) is 27.6. The average Bonchev–Trinajstić information content (AvgIpc) is 3.54. The van der Waals surface area contributed by atoms with Crippen LogP contribution < -0.4 is 0 Å². The summed E-state index contributed by atoms with van der Waals surface area (Å²) in [6.07, 6.45) is 0. The minimum Gasteiger partial charge on any atom is -0.309 e. The molecule has 0 saturated carbocycles. The number of benzene rings is 8. The number of hydrogen-bond donors (Lipinski definition) is 0. The van der Waals surface area contributed by atoms with Crippen LogP contribution in [0, 0.1) is 0 Å². The molecule has 2 heterocycles. The topological polar surface area (TPSA) is 43.6 Å². The Bertz CT molecular complexity index is 2860. The third kappa shape index (κ3) is 4.88. The maximum absolute atomic E-state index is 5.22. The predicted octanol–water partition coefficient (Wildman–Crippen LogP) is 11.9. The molecule has 2 aromatic heterocycles.